The number of para-hydroxylation sites is 3. The first kappa shape index (κ1) is 28.5. The molecule has 2 aromatic carbocycles. The zero-order valence-electron chi connectivity index (χ0n) is 25.6. The maximum Gasteiger partial charge on any atom is 0.213 e. The van der Waals surface area contributed by atoms with E-state index in [4.69, 9.17) is 6.35 Å². The molecule has 0 atom stereocenters. The largest absolute Gasteiger partial charge is 0.324 e. The molecule has 0 radical (unpaired) electrons. The molecule has 0 spiro atoms. The number of aromatic nitrogens is 6. The Hall–Kier alpha value is -6.01. The Labute approximate surface area is 279 Å². The molecule has 3 N–H and O–H groups in total. The molecule has 2 aliphatic heterocycles. The summed E-state index contributed by atoms with van der Waals surface area (Å²) in [5, 5.41) is 9.98. The molecule has 0 saturated heterocycles. The smallest absolute Gasteiger partial charge is 0.213 e. The number of alkyl halides is 1. The Balaban J connectivity index is 0.000000141. The van der Waals surface area contributed by atoms with Gasteiger partial charge in [-0.2, -0.15) is 0 Å². The number of guanidine groups is 1. The van der Waals surface area contributed by atoms with Gasteiger partial charge in [0.25, 0.3) is 0 Å². The van der Waals surface area contributed by atoms with Crippen molar-refractivity contribution in [2.45, 2.75) is 0 Å². The summed E-state index contributed by atoms with van der Waals surface area (Å²) in [4.78, 5) is 27.3. The van der Waals surface area contributed by atoms with E-state index in [0.29, 0.717) is 5.96 Å². The lowest BCUT2D eigenvalue weighted by Gasteiger charge is -2.09. The molecule has 0 unspecified atom stereocenters. The molecule has 0 amide bonds. The molecule has 0 saturated carbocycles. The minimum atomic E-state index is -1.00. The van der Waals surface area contributed by atoms with Gasteiger partial charge in [0.2, 0.25) is 11.9 Å². The Bertz CT molecular complexity index is 2230. The van der Waals surface area contributed by atoms with Crippen LogP contribution in [0.3, 0.4) is 0 Å². The number of halogens is 2. The Morgan fingerprint density at radius 2 is 1.19 bits per heavy atom. The number of hydrogen-bond acceptors (Lipinski definition) is 7. The topological polar surface area (TPSA) is 118 Å². The van der Waals surface area contributed by atoms with Crippen LogP contribution in [0.5, 0.6) is 0 Å². The van der Waals surface area contributed by atoms with E-state index in [2.05, 4.69) is 67.4 Å². The van der Waals surface area contributed by atoms with Crippen LogP contribution in [-0.4, -0.2) is 42.6 Å². The highest BCUT2D eigenvalue weighted by Gasteiger charge is 2.23. The summed E-state index contributed by atoms with van der Waals surface area (Å²) >= 11 is 3.52. The number of aliphatic imine (C=N–C) groups is 1. The van der Waals surface area contributed by atoms with Crippen LogP contribution in [0.25, 0.3) is 39.5 Å². The molecular formula is C35H26BrFN10. The van der Waals surface area contributed by atoms with Gasteiger partial charge in [0, 0.05) is 29.3 Å². The molecular weight excluding hydrogens is 659 g/mol. The van der Waals surface area contributed by atoms with E-state index in [-0.39, 0.29) is 0 Å². The molecule has 230 valence electrons. The summed E-state index contributed by atoms with van der Waals surface area (Å²) in [7, 11) is -1.00. The van der Waals surface area contributed by atoms with Crippen LogP contribution < -0.4 is 16.0 Å². The molecule has 2 aliphatic rings. The van der Waals surface area contributed by atoms with Gasteiger partial charge in [0.05, 0.1) is 48.0 Å². The molecule has 0 fully saturated rings. The SMILES string of the molecule is Brc1ccccc1N=C1Nc2cccnc2-c2ncccc2N1.[2H]CF.c1cnc2c(c1)Nc1nc3ccccc3n1-c1cccnc1-2. The zero-order chi connectivity index (χ0) is 32.9. The molecule has 9 rings (SSSR count). The van der Waals surface area contributed by atoms with Gasteiger partial charge < -0.3 is 16.0 Å². The van der Waals surface area contributed by atoms with Gasteiger partial charge in [0.15, 0.2) is 0 Å². The van der Waals surface area contributed by atoms with Gasteiger partial charge in [-0.3, -0.25) is 28.9 Å². The van der Waals surface area contributed by atoms with Crippen molar-refractivity contribution in [3.05, 3.63) is 126 Å². The Morgan fingerprint density at radius 1 is 0.660 bits per heavy atom. The molecule has 0 bridgehead atoms. The molecule has 7 aromatic rings. The number of benzene rings is 2. The highest BCUT2D eigenvalue weighted by atomic mass is 79.9. The van der Waals surface area contributed by atoms with Crippen LogP contribution >= 0.6 is 15.9 Å². The molecule has 5 aromatic heterocycles. The lowest BCUT2D eigenvalue weighted by molar-refractivity contribution is 0.636. The Kier molecular flexibility index (Phi) is 7.96. The van der Waals surface area contributed by atoms with E-state index in [1.54, 1.807) is 24.8 Å². The minimum absolute atomic E-state index is 0.623. The molecule has 47 heavy (non-hydrogen) atoms. The standard InChI is InChI=1S/C17H12BrN5.C17H11N5.CH3F/c18-11-5-1-2-6-12(11)21-17-22-13-7-3-9-19-15(13)16-14(23-17)8-4-10-20-16;1-2-7-13-11(5-1)20-17-21-12-6-3-9-18-15(12)16-14(22(13)17)8-4-10-19-16;1-2/h1-10H,(H2,21,22,23);1-10H,(H,20,21);1H3/i;;1D. The number of anilines is 4. The van der Waals surface area contributed by atoms with Crippen molar-refractivity contribution in [3.8, 4) is 28.5 Å². The second-order valence-electron chi connectivity index (χ2n) is 10.1. The van der Waals surface area contributed by atoms with E-state index in [1.807, 2.05) is 91.0 Å². The number of nitrogens with one attached hydrogen (secondary N) is 3. The number of fused-ring (bicyclic) bond motifs is 10. The van der Waals surface area contributed by atoms with Crippen LogP contribution in [0.2, 0.25) is 0 Å². The molecule has 12 heteroatoms. The van der Waals surface area contributed by atoms with Gasteiger partial charge in [-0.05, 0) is 88.7 Å². The van der Waals surface area contributed by atoms with E-state index in [1.165, 1.54) is 0 Å². The van der Waals surface area contributed by atoms with Crippen LogP contribution in [0, 0.1) is 0 Å². The highest BCUT2D eigenvalue weighted by Crippen LogP contribution is 2.38. The van der Waals surface area contributed by atoms with Gasteiger partial charge in [-0.25, -0.2) is 9.98 Å². The number of pyridine rings is 4. The van der Waals surface area contributed by atoms with E-state index in [0.717, 1.165) is 72.7 Å². The first-order chi connectivity index (χ1) is 23.6. The van der Waals surface area contributed by atoms with Gasteiger partial charge in [0.1, 0.15) is 22.8 Å². The number of hydrogen-bond donors (Lipinski definition) is 3. The van der Waals surface area contributed by atoms with Gasteiger partial charge >= 0.3 is 0 Å². The summed E-state index contributed by atoms with van der Waals surface area (Å²) in [5.41, 5.74) is 9.75. The predicted molar refractivity (Wildman–Crippen MR) is 188 cm³/mol. The van der Waals surface area contributed by atoms with Crippen molar-refractivity contribution in [1.29, 1.82) is 0 Å². The fraction of sp³-hybridized carbons (Fsp3) is 0.0286. The maximum absolute atomic E-state index is 9.96. The second kappa shape index (κ2) is 13.2. The summed E-state index contributed by atoms with van der Waals surface area (Å²) in [6.07, 6.45) is 7.09. The third kappa shape index (κ3) is 5.77. The van der Waals surface area contributed by atoms with Crippen molar-refractivity contribution < 1.29 is 5.76 Å². The third-order valence-electron chi connectivity index (χ3n) is 7.30. The van der Waals surface area contributed by atoms with Gasteiger partial charge in [-0.1, -0.05) is 24.3 Å². The Morgan fingerprint density at radius 3 is 1.85 bits per heavy atom. The second-order valence-corrected chi connectivity index (χ2v) is 11.0. The third-order valence-corrected chi connectivity index (χ3v) is 7.97. The zero-order valence-corrected chi connectivity index (χ0v) is 26.2. The van der Waals surface area contributed by atoms with E-state index < -0.39 is 7.15 Å². The lowest BCUT2D eigenvalue weighted by Crippen LogP contribution is -2.20. The number of imidazole rings is 1. The van der Waals surface area contributed by atoms with Crippen molar-refractivity contribution in [1.82, 2.24) is 29.5 Å². The first-order valence-electron chi connectivity index (χ1n) is 15.1. The normalized spacial score (nSPS) is 12.0. The fourth-order valence-corrected chi connectivity index (χ4v) is 5.70. The average molecular weight is 687 g/mol. The van der Waals surface area contributed by atoms with Crippen LogP contribution in [-0.2, 0) is 0 Å². The maximum atomic E-state index is 9.96. The number of rotatable bonds is 1. The average Bonchev–Trinajstić information content (AvgIpc) is 3.31. The molecule has 10 nitrogen and oxygen atoms in total. The lowest BCUT2D eigenvalue weighted by atomic mass is 10.2. The molecule has 7 heterocycles. The minimum Gasteiger partial charge on any atom is -0.324 e. The van der Waals surface area contributed by atoms with Crippen LogP contribution in [0.1, 0.15) is 1.37 Å². The summed E-state index contributed by atoms with van der Waals surface area (Å²) < 4.78 is 18.5. The van der Waals surface area contributed by atoms with Crippen LogP contribution in [0.4, 0.5) is 33.1 Å². The van der Waals surface area contributed by atoms with Gasteiger partial charge in [-0.15, -0.1) is 0 Å². The van der Waals surface area contributed by atoms with Crippen molar-refractivity contribution in [2.24, 2.45) is 4.99 Å². The van der Waals surface area contributed by atoms with Crippen molar-refractivity contribution >= 4 is 61.6 Å². The van der Waals surface area contributed by atoms with Crippen molar-refractivity contribution in [2.75, 3.05) is 23.1 Å². The first-order valence-corrected chi connectivity index (χ1v) is 15.2. The summed E-state index contributed by atoms with van der Waals surface area (Å²) in [5.74, 6) is 1.40. The van der Waals surface area contributed by atoms with Crippen LogP contribution in [0.15, 0.2) is 131 Å². The van der Waals surface area contributed by atoms with E-state index >= 15 is 0 Å². The fourth-order valence-electron chi connectivity index (χ4n) is 5.32. The monoisotopic (exact) mass is 685 g/mol. The quantitative estimate of drug-likeness (QED) is 0.157. The van der Waals surface area contributed by atoms with Crippen molar-refractivity contribution in [3.63, 3.8) is 0 Å². The summed E-state index contributed by atoms with van der Waals surface area (Å²) in [6.45, 7) is 0. The van der Waals surface area contributed by atoms with E-state index in [9.17, 15) is 4.39 Å². The molecule has 0 aliphatic carbocycles. The highest BCUT2D eigenvalue weighted by molar-refractivity contribution is 9.10. The summed E-state index contributed by atoms with van der Waals surface area (Å²) in [6, 6.07) is 31.5. The number of nitrogens with zero attached hydrogens (tertiary/aromatic N) is 7. The predicted octanol–water partition coefficient (Wildman–Crippen LogP) is 8.56.